The van der Waals surface area contributed by atoms with E-state index in [4.69, 9.17) is 9.79 Å². The first-order chi connectivity index (χ1) is 6.08. The minimum Gasteiger partial charge on any atom is -0.302 e. The Morgan fingerprint density at radius 3 is 2.46 bits per heavy atom. The smallest absolute Gasteiger partial charge is 0.302 e. The summed E-state index contributed by atoms with van der Waals surface area (Å²) in [5, 5.41) is 0. The second kappa shape index (κ2) is 4.50. The summed E-state index contributed by atoms with van der Waals surface area (Å²) in [6.45, 7) is 0.256. The van der Waals surface area contributed by atoms with Crippen molar-refractivity contribution in [1.82, 2.24) is 5.48 Å². The molecule has 0 atom stereocenters. The molecule has 1 aromatic carbocycles. The average molecular weight is 203 g/mol. The van der Waals surface area contributed by atoms with E-state index in [9.17, 15) is 4.57 Å². The summed E-state index contributed by atoms with van der Waals surface area (Å²) in [7, 11) is -4.41. The molecule has 0 spiro atoms. The Morgan fingerprint density at radius 2 is 1.92 bits per heavy atom. The number of hydrogen-bond acceptors (Lipinski definition) is 3. The van der Waals surface area contributed by atoms with Gasteiger partial charge in [-0.25, -0.2) is 4.57 Å². The molecule has 0 saturated carbocycles. The van der Waals surface area contributed by atoms with Gasteiger partial charge in [-0.1, -0.05) is 30.3 Å². The van der Waals surface area contributed by atoms with Gasteiger partial charge in [-0.2, -0.15) is 10.1 Å². The van der Waals surface area contributed by atoms with Crippen LogP contribution < -0.4 is 5.48 Å². The highest BCUT2D eigenvalue weighted by molar-refractivity contribution is 7.46. The fraction of sp³-hybridized carbons (Fsp3) is 0.143. The van der Waals surface area contributed by atoms with Crippen molar-refractivity contribution >= 4 is 7.82 Å². The number of benzene rings is 1. The van der Waals surface area contributed by atoms with Crippen LogP contribution in [0, 0.1) is 0 Å². The lowest BCUT2D eigenvalue weighted by molar-refractivity contribution is 0.121. The van der Waals surface area contributed by atoms with Crippen LogP contribution in [0.15, 0.2) is 30.3 Å². The third-order valence-corrected chi connectivity index (χ3v) is 1.67. The van der Waals surface area contributed by atoms with E-state index in [1.54, 1.807) is 0 Å². The number of hydrogen-bond donors (Lipinski definition) is 3. The second-order valence-corrected chi connectivity index (χ2v) is 3.55. The van der Waals surface area contributed by atoms with Gasteiger partial charge in [0.05, 0.1) is 0 Å². The Bertz CT molecular complexity index is 297. The van der Waals surface area contributed by atoms with Crippen molar-refractivity contribution in [2.24, 2.45) is 0 Å². The van der Waals surface area contributed by atoms with Gasteiger partial charge in [0, 0.05) is 6.54 Å². The summed E-state index contributed by atoms with van der Waals surface area (Å²) >= 11 is 0. The molecule has 0 bridgehead atoms. The average Bonchev–Trinajstić information content (AvgIpc) is 2.04. The maximum Gasteiger partial charge on any atom is 0.486 e. The summed E-state index contributed by atoms with van der Waals surface area (Å²) in [6.07, 6.45) is 0. The summed E-state index contributed by atoms with van der Waals surface area (Å²) in [6, 6.07) is 9.14. The molecular weight excluding hydrogens is 193 g/mol. The van der Waals surface area contributed by atoms with Crippen LogP contribution in [0.1, 0.15) is 5.56 Å². The van der Waals surface area contributed by atoms with E-state index < -0.39 is 7.82 Å². The van der Waals surface area contributed by atoms with Crippen LogP contribution in [-0.2, 0) is 15.7 Å². The highest BCUT2D eigenvalue weighted by atomic mass is 31.2. The predicted molar refractivity (Wildman–Crippen MR) is 46.4 cm³/mol. The van der Waals surface area contributed by atoms with Crippen molar-refractivity contribution in [3.05, 3.63) is 35.9 Å². The molecule has 0 amide bonds. The summed E-state index contributed by atoms with van der Waals surface area (Å²) < 4.78 is 14.3. The lowest BCUT2D eigenvalue weighted by Gasteiger charge is -2.05. The van der Waals surface area contributed by atoms with Gasteiger partial charge in [0.2, 0.25) is 0 Å². The molecule has 72 valence electrons. The van der Waals surface area contributed by atoms with Gasteiger partial charge < -0.3 is 9.79 Å². The molecule has 13 heavy (non-hydrogen) atoms. The minimum absolute atomic E-state index is 0.256. The van der Waals surface area contributed by atoms with E-state index in [2.05, 4.69) is 10.1 Å². The van der Waals surface area contributed by atoms with Crippen LogP contribution in [0.25, 0.3) is 0 Å². The quantitative estimate of drug-likeness (QED) is 0.498. The Balaban J connectivity index is 2.33. The van der Waals surface area contributed by atoms with Gasteiger partial charge in [0.25, 0.3) is 0 Å². The largest absolute Gasteiger partial charge is 0.486 e. The van der Waals surface area contributed by atoms with E-state index in [0.717, 1.165) is 5.56 Å². The van der Waals surface area contributed by atoms with Gasteiger partial charge in [0.1, 0.15) is 0 Å². The van der Waals surface area contributed by atoms with Crippen molar-refractivity contribution < 1.29 is 19.0 Å². The van der Waals surface area contributed by atoms with Crippen LogP contribution in [0.4, 0.5) is 0 Å². The minimum atomic E-state index is -4.41. The van der Waals surface area contributed by atoms with Crippen molar-refractivity contribution in [3.8, 4) is 0 Å². The second-order valence-electron chi connectivity index (χ2n) is 2.39. The zero-order chi connectivity index (χ0) is 9.73. The molecule has 1 aromatic rings. The zero-order valence-electron chi connectivity index (χ0n) is 6.75. The van der Waals surface area contributed by atoms with E-state index >= 15 is 0 Å². The zero-order valence-corrected chi connectivity index (χ0v) is 7.65. The van der Waals surface area contributed by atoms with Crippen LogP contribution in [0.3, 0.4) is 0 Å². The monoisotopic (exact) mass is 203 g/mol. The van der Waals surface area contributed by atoms with E-state index in [1.165, 1.54) is 0 Å². The van der Waals surface area contributed by atoms with Gasteiger partial charge >= 0.3 is 7.82 Å². The summed E-state index contributed by atoms with van der Waals surface area (Å²) in [5.41, 5.74) is 3.06. The van der Waals surface area contributed by atoms with E-state index in [1.807, 2.05) is 30.3 Å². The highest BCUT2D eigenvalue weighted by Gasteiger charge is 2.12. The molecule has 6 heteroatoms. The Kier molecular flexibility index (Phi) is 3.59. The lowest BCUT2D eigenvalue weighted by Crippen LogP contribution is -2.11. The van der Waals surface area contributed by atoms with Crippen LogP contribution in [0.5, 0.6) is 0 Å². The van der Waals surface area contributed by atoms with Gasteiger partial charge in [-0.3, -0.25) is 0 Å². The number of phosphoric acid groups is 1. The van der Waals surface area contributed by atoms with Crippen molar-refractivity contribution in [2.75, 3.05) is 0 Å². The molecule has 0 radical (unpaired) electrons. The molecule has 0 aromatic heterocycles. The number of rotatable bonds is 4. The SMILES string of the molecule is O=P(O)(O)ONCc1ccccc1. The molecular formula is C7H10NO4P. The van der Waals surface area contributed by atoms with E-state index in [0.29, 0.717) is 0 Å². The predicted octanol–water partition coefficient (Wildman–Crippen LogP) is 0.800. The number of nitrogens with one attached hydrogen (secondary N) is 1. The fourth-order valence-corrected chi connectivity index (χ4v) is 1.03. The van der Waals surface area contributed by atoms with Crippen LogP contribution >= 0.6 is 7.82 Å². The molecule has 0 aliphatic rings. The van der Waals surface area contributed by atoms with Crippen LogP contribution in [-0.4, -0.2) is 9.79 Å². The third-order valence-electron chi connectivity index (χ3n) is 1.30. The molecule has 0 aliphatic heterocycles. The molecule has 3 N–H and O–H groups in total. The normalized spacial score (nSPS) is 11.5. The Hall–Kier alpha value is -0.710. The molecule has 0 fully saturated rings. The third kappa shape index (κ3) is 4.77. The fourth-order valence-electron chi connectivity index (χ4n) is 0.796. The molecule has 5 nitrogen and oxygen atoms in total. The molecule has 0 saturated heterocycles. The topological polar surface area (TPSA) is 78.8 Å². The first-order valence-corrected chi connectivity index (χ1v) is 5.12. The molecule has 0 unspecified atom stereocenters. The maximum absolute atomic E-state index is 10.2. The first kappa shape index (κ1) is 10.4. The molecule has 1 rings (SSSR count). The summed E-state index contributed by atoms with van der Waals surface area (Å²) in [4.78, 5) is 16.6. The van der Waals surface area contributed by atoms with Gasteiger partial charge in [-0.05, 0) is 5.56 Å². The van der Waals surface area contributed by atoms with E-state index in [-0.39, 0.29) is 6.54 Å². The van der Waals surface area contributed by atoms with Crippen LogP contribution in [0.2, 0.25) is 0 Å². The molecule has 0 heterocycles. The highest BCUT2D eigenvalue weighted by Crippen LogP contribution is 2.33. The van der Waals surface area contributed by atoms with Crippen molar-refractivity contribution in [2.45, 2.75) is 6.54 Å². The first-order valence-electron chi connectivity index (χ1n) is 3.59. The van der Waals surface area contributed by atoms with Gasteiger partial charge in [0.15, 0.2) is 0 Å². The van der Waals surface area contributed by atoms with Crippen molar-refractivity contribution in [1.29, 1.82) is 0 Å². The van der Waals surface area contributed by atoms with Crippen molar-refractivity contribution in [3.63, 3.8) is 0 Å². The van der Waals surface area contributed by atoms with Gasteiger partial charge in [-0.15, -0.1) is 0 Å². The Labute approximate surface area is 75.6 Å². The molecule has 0 aliphatic carbocycles. The lowest BCUT2D eigenvalue weighted by atomic mass is 10.2. The maximum atomic E-state index is 10.2. The Morgan fingerprint density at radius 1 is 1.31 bits per heavy atom. The number of hydroxylamine groups is 1. The standard InChI is InChI=1S/C7H10NO4P/c9-13(10,11)12-8-6-7-4-2-1-3-5-7/h1-5,8H,6H2,(H2,9,10,11). The summed E-state index contributed by atoms with van der Waals surface area (Å²) in [5.74, 6) is 0.